The molecule has 0 amide bonds. The minimum Gasteiger partial charge on any atom is -0.465 e. The summed E-state index contributed by atoms with van der Waals surface area (Å²) in [7, 11) is 1.31. The first-order chi connectivity index (χ1) is 7.60. The zero-order chi connectivity index (χ0) is 11.7. The van der Waals surface area contributed by atoms with Crippen LogP contribution in [0.4, 0.5) is 5.82 Å². The highest BCUT2D eigenvalue weighted by molar-refractivity contribution is 6.29. The van der Waals surface area contributed by atoms with Gasteiger partial charge in [-0.1, -0.05) is 11.6 Å². The van der Waals surface area contributed by atoms with Crippen LogP contribution in [0.5, 0.6) is 0 Å². The number of pyridine rings is 1. The molecule has 1 aliphatic heterocycles. The van der Waals surface area contributed by atoms with E-state index in [1.807, 2.05) is 4.90 Å². The largest absolute Gasteiger partial charge is 0.465 e. The van der Waals surface area contributed by atoms with E-state index in [1.165, 1.54) is 13.2 Å². The van der Waals surface area contributed by atoms with Gasteiger partial charge in [0, 0.05) is 13.1 Å². The number of esters is 1. The van der Waals surface area contributed by atoms with E-state index in [-0.39, 0.29) is 11.3 Å². The predicted molar refractivity (Wildman–Crippen MR) is 58.8 cm³/mol. The molecular weight excluding hydrogens is 232 g/mol. The monoisotopic (exact) mass is 242 g/mol. The number of nitrogens with zero attached hydrogens (tertiary/aromatic N) is 2. The molecule has 16 heavy (non-hydrogen) atoms. The summed E-state index contributed by atoms with van der Waals surface area (Å²) in [5.74, 6) is 0.129. The Hall–Kier alpha value is -1.33. The Balaban J connectivity index is 2.25. The van der Waals surface area contributed by atoms with Crippen LogP contribution in [-0.4, -0.2) is 42.4 Å². The van der Waals surface area contributed by atoms with Gasteiger partial charge in [0.2, 0.25) is 0 Å². The number of anilines is 1. The summed E-state index contributed by atoms with van der Waals surface area (Å²) >= 11 is 5.80. The van der Waals surface area contributed by atoms with E-state index in [0.717, 1.165) is 0 Å². The summed E-state index contributed by atoms with van der Waals surface area (Å²) in [6.45, 7) is 1.02. The SMILES string of the molecule is COC(=O)c1cc(Cl)nc(N2CC(O)C2)c1. The van der Waals surface area contributed by atoms with Crippen molar-refractivity contribution in [2.75, 3.05) is 25.1 Å². The lowest BCUT2D eigenvalue weighted by molar-refractivity contribution is 0.0600. The summed E-state index contributed by atoms with van der Waals surface area (Å²) in [5.41, 5.74) is 0.360. The lowest BCUT2D eigenvalue weighted by atomic mass is 10.1. The van der Waals surface area contributed by atoms with E-state index in [1.54, 1.807) is 6.07 Å². The van der Waals surface area contributed by atoms with E-state index in [0.29, 0.717) is 24.5 Å². The van der Waals surface area contributed by atoms with Crippen molar-refractivity contribution in [2.24, 2.45) is 0 Å². The molecule has 5 nitrogen and oxygen atoms in total. The smallest absolute Gasteiger partial charge is 0.338 e. The minimum absolute atomic E-state index is 0.235. The second kappa shape index (κ2) is 4.27. The topological polar surface area (TPSA) is 62.7 Å². The molecule has 2 heterocycles. The fourth-order valence-corrected chi connectivity index (χ4v) is 1.73. The van der Waals surface area contributed by atoms with Gasteiger partial charge in [-0.3, -0.25) is 0 Å². The quantitative estimate of drug-likeness (QED) is 0.611. The number of hydrogen-bond acceptors (Lipinski definition) is 5. The van der Waals surface area contributed by atoms with Crippen molar-refractivity contribution in [3.05, 3.63) is 22.8 Å². The van der Waals surface area contributed by atoms with Gasteiger partial charge < -0.3 is 14.7 Å². The van der Waals surface area contributed by atoms with Gasteiger partial charge in [-0.2, -0.15) is 0 Å². The first-order valence-corrected chi connectivity index (χ1v) is 5.17. The summed E-state index contributed by atoms with van der Waals surface area (Å²) in [5, 5.41) is 9.42. The Morgan fingerprint density at radius 1 is 1.62 bits per heavy atom. The molecular formula is C10H11ClN2O3. The maximum atomic E-state index is 11.3. The number of aliphatic hydroxyl groups is 1. The maximum Gasteiger partial charge on any atom is 0.338 e. The van der Waals surface area contributed by atoms with Crippen molar-refractivity contribution in [1.82, 2.24) is 4.98 Å². The number of β-amino-alcohol motifs (C(OH)–C–C–N with tert-alkyl or cyclic N) is 1. The molecule has 0 unspecified atom stereocenters. The standard InChI is InChI=1S/C10H11ClN2O3/c1-16-10(15)6-2-8(11)12-9(3-6)13-4-7(14)5-13/h2-3,7,14H,4-5H2,1H3. The van der Waals surface area contributed by atoms with E-state index in [4.69, 9.17) is 11.6 Å². The van der Waals surface area contributed by atoms with Crippen LogP contribution >= 0.6 is 11.6 Å². The predicted octanol–water partition coefficient (Wildman–Crippen LogP) is 0.703. The van der Waals surface area contributed by atoms with Crippen LogP contribution in [0.25, 0.3) is 0 Å². The van der Waals surface area contributed by atoms with E-state index in [2.05, 4.69) is 9.72 Å². The van der Waals surface area contributed by atoms with Crippen LogP contribution < -0.4 is 4.90 Å². The molecule has 0 atom stereocenters. The molecule has 6 heteroatoms. The Bertz CT molecular complexity index is 419. The van der Waals surface area contributed by atoms with E-state index in [9.17, 15) is 9.90 Å². The number of ether oxygens (including phenoxy) is 1. The highest BCUT2D eigenvalue weighted by Crippen LogP contribution is 2.22. The van der Waals surface area contributed by atoms with Crippen molar-refractivity contribution >= 4 is 23.4 Å². The lowest BCUT2D eigenvalue weighted by Crippen LogP contribution is -2.51. The highest BCUT2D eigenvalue weighted by Gasteiger charge is 2.26. The van der Waals surface area contributed by atoms with Gasteiger partial charge in [-0.05, 0) is 12.1 Å². The van der Waals surface area contributed by atoms with Gasteiger partial charge in [-0.25, -0.2) is 9.78 Å². The summed E-state index contributed by atoms with van der Waals surface area (Å²) in [6, 6.07) is 3.05. The average molecular weight is 243 g/mol. The summed E-state index contributed by atoms with van der Waals surface area (Å²) in [4.78, 5) is 17.3. The molecule has 0 aliphatic carbocycles. The molecule has 0 saturated carbocycles. The van der Waals surface area contributed by atoms with Gasteiger partial charge in [0.1, 0.15) is 11.0 Å². The van der Waals surface area contributed by atoms with E-state index >= 15 is 0 Å². The Labute approximate surface area is 97.6 Å². The van der Waals surface area contributed by atoms with Crippen molar-refractivity contribution in [1.29, 1.82) is 0 Å². The number of carbonyl (C=O) groups is 1. The lowest BCUT2D eigenvalue weighted by Gasteiger charge is -2.36. The van der Waals surface area contributed by atoms with Gasteiger partial charge >= 0.3 is 5.97 Å². The summed E-state index contributed by atoms with van der Waals surface area (Å²) in [6.07, 6.45) is -0.331. The first kappa shape index (κ1) is 11.2. The number of carbonyl (C=O) groups excluding carboxylic acids is 1. The van der Waals surface area contributed by atoms with Gasteiger partial charge in [0.25, 0.3) is 0 Å². The fraction of sp³-hybridized carbons (Fsp3) is 0.400. The zero-order valence-corrected chi connectivity index (χ0v) is 9.44. The number of rotatable bonds is 2. The van der Waals surface area contributed by atoms with Crippen LogP contribution in [0.3, 0.4) is 0 Å². The van der Waals surface area contributed by atoms with Gasteiger partial charge in [-0.15, -0.1) is 0 Å². The Morgan fingerprint density at radius 3 is 2.88 bits per heavy atom. The maximum absolute atomic E-state index is 11.3. The number of aliphatic hydroxyl groups excluding tert-OH is 1. The average Bonchev–Trinajstić information content (AvgIpc) is 2.22. The van der Waals surface area contributed by atoms with Crippen molar-refractivity contribution in [3.8, 4) is 0 Å². The molecule has 1 N–H and O–H groups in total. The van der Waals surface area contributed by atoms with Crippen LogP contribution in [-0.2, 0) is 4.74 Å². The molecule has 1 aliphatic rings. The molecule has 0 bridgehead atoms. The van der Waals surface area contributed by atoms with Crippen LogP contribution in [0.1, 0.15) is 10.4 Å². The Kier molecular flexibility index (Phi) is 2.98. The molecule has 0 spiro atoms. The first-order valence-electron chi connectivity index (χ1n) is 4.79. The van der Waals surface area contributed by atoms with Crippen LogP contribution in [0.15, 0.2) is 12.1 Å². The number of aromatic nitrogens is 1. The molecule has 1 aromatic rings. The third-order valence-electron chi connectivity index (χ3n) is 2.39. The van der Waals surface area contributed by atoms with Gasteiger partial charge in [0.05, 0.1) is 18.8 Å². The third-order valence-corrected chi connectivity index (χ3v) is 2.58. The fourth-order valence-electron chi connectivity index (χ4n) is 1.52. The third kappa shape index (κ3) is 2.10. The molecule has 0 aromatic carbocycles. The van der Waals surface area contributed by atoms with Crippen LogP contribution in [0.2, 0.25) is 5.15 Å². The minimum atomic E-state index is -0.452. The van der Waals surface area contributed by atoms with Crippen molar-refractivity contribution in [2.45, 2.75) is 6.10 Å². The molecule has 2 rings (SSSR count). The number of methoxy groups -OCH3 is 1. The number of hydrogen-bond donors (Lipinski definition) is 1. The van der Waals surface area contributed by atoms with Crippen molar-refractivity contribution < 1.29 is 14.6 Å². The second-order valence-corrected chi connectivity index (χ2v) is 3.97. The van der Waals surface area contributed by atoms with E-state index < -0.39 is 5.97 Å². The van der Waals surface area contributed by atoms with Crippen LogP contribution in [0, 0.1) is 0 Å². The highest BCUT2D eigenvalue weighted by atomic mass is 35.5. The molecule has 1 saturated heterocycles. The van der Waals surface area contributed by atoms with Gasteiger partial charge in [0.15, 0.2) is 0 Å². The zero-order valence-electron chi connectivity index (χ0n) is 8.68. The number of halogens is 1. The molecule has 86 valence electrons. The molecule has 1 fully saturated rings. The normalized spacial score (nSPS) is 15.8. The second-order valence-electron chi connectivity index (χ2n) is 3.59. The molecule has 0 radical (unpaired) electrons. The summed E-state index contributed by atoms with van der Waals surface area (Å²) < 4.78 is 4.61. The Morgan fingerprint density at radius 2 is 2.31 bits per heavy atom. The van der Waals surface area contributed by atoms with Crippen molar-refractivity contribution in [3.63, 3.8) is 0 Å². The molecule has 1 aromatic heterocycles.